The van der Waals surface area contributed by atoms with E-state index < -0.39 is 5.60 Å². The maximum atomic E-state index is 12.0. The summed E-state index contributed by atoms with van der Waals surface area (Å²) in [6.45, 7) is 3.37. The Morgan fingerprint density at radius 1 is 1.35 bits per heavy atom. The fraction of sp³-hybridized carbons (Fsp3) is 0.385. The second-order valence-electron chi connectivity index (χ2n) is 5.21. The zero-order chi connectivity index (χ0) is 15.1. The topological polar surface area (TPSA) is 72.1 Å². The first-order chi connectivity index (χ1) is 9.18. The summed E-state index contributed by atoms with van der Waals surface area (Å²) in [6, 6.07) is 3.42. The molecular formula is C13H17BrN4O2. The lowest BCUT2D eigenvalue weighted by Crippen LogP contribution is -2.19. The highest BCUT2D eigenvalue weighted by Gasteiger charge is 2.21. The van der Waals surface area contributed by atoms with E-state index in [0.29, 0.717) is 17.2 Å². The minimum atomic E-state index is -0.996. The van der Waals surface area contributed by atoms with Gasteiger partial charge in [0.2, 0.25) is 0 Å². The van der Waals surface area contributed by atoms with Crippen molar-refractivity contribution in [2.24, 2.45) is 14.1 Å². The van der Waals surface area contributed by atoms with E-state index in [2.05, 4.69) is 26.3 Å². The van der Waals surface area contributed by atoms with Gasteiger partial charge in [-0.2, -0.15) is 5.10 Å². The lowest BCUT2D eigenvalue weighted by atomic mass is 10.1. The van der Waals surface area contributed by atoms with Gasteiger partial charge in [0.1, 0.15) is 11.3 Å². The minimum absolute atomic E-state index is 0.149. The van der Waals surface area contributed by atoms with Crippen molar-refractivity contribution in [3.05, 3.63) is 38.9 Å². The molecule has 0 aromatic carbocycles. The highest BCUT2D eigenvalue weighted by molar-refractivity contribution is 9.10. The molecule has 7 heteroatoms. The maximum Gasteiger partial charge on any atom is 0.274 e. The second kappa shape index (κ2) is 5.06. The van der Waals surface area contributed by atoms with Crippen molar-refractivity contribution >= 4 is 27.4 Å². The molecule has 0 radical (unpaired) electrons. The predicted octanol–water partition coefficient (Wildman–Crippen LogP) is 1.85. The number of aromatic nitrogens is 3. The van der Waals surface area contributed by atoms with Gasteiger partial charge in [0, 0.05) is 30.8 Å². The summed E-state index contributed by atoms with van der Waals surface area (Å²) in [4.78, 5) is 12.0. The van der Waals surface area contributed by atoms with E-state index >= 15 is 0 Å². The average molecular weight is 341 g/mol. The zero-order valence-corrected chi connectivity index (χ0v) is 13.4. The van der Waals surface area contributed by atoms with Crippen LogP contribution in [0.5, 0.6) is 0 Å². The van der Waals surface area contributed by atoms with Crippen LogP contribution in [0.15, 0.2) is 27.6 Å². The SMILES string of the molecule is Cn1nc(Nc2cc(Br)cn(C)c2=O)cc1C(C)(C)O. The number of hydrogen-bond donors (Lipinski definition) is 2. The molecule has 0 unspecified atom stereocenters. The predicted molar refractivity (Wildman–Crippen MR) is 81.1 cm³/mol. The molecule has 0 bridgehead atoms. The van der Waals surface area contributed by atoms with Gasteiger partial charge in [-0.1, -0.05) is 0 Å². The lowest BCUT2D eigenvalue weighted by molar-refractivity contribution is 0.0696. The molecule has 108 valence electrons. The Morgan fingerprint density at radius 3 is 2.55 bits per heavy atom. The fourth-order valence-corrected chi connectivity index (χ4v) is 2.54. The number of aryl methyl sites for hydroxylation is 2. The number of nitrogens with one attached hydrogen (secondary N) is 1. The van der Waals surface area contributed by atoms with Crippen LogP contribution in [-0.2, 0) is 19.7 Å². The van der Waals surface area contributed by atoms with Crippen LogP contribution in [0.4, 0.5) is 11.5 Å². The summed E-state index contributed by atoms with van der Waals surface area (Å²) < 4.78 is 3.86. The number of halogens is 1. The quantitative estimate of drug-likeness (QED) is 0.894. The van der Waals surface area contributed by atoms with Crippen LogP contribution in [0.25, 0.3) is 0 Å². The average Bonchev–Trinajstić information content (AvgIpc) is 2.66. The van der Waals surface area contributed by atoms with Crippen LogP contribution in [0.3, 0.4) is 0 Å². The van der Waals surface area contributed by atoms with Crippen LogP contribution in [-0.4, -0.2) is 19.5 Å². The number of rotatable bonds is 3. The largest absolute Gasteiger partial charge is 0.384 e. The van der Waals surface area contributed by atoms with Gasteiger partial charge in [0.25, 0.3) is 5.56 Å². The molecule has 0 saturated carbocycles. The Labute approximate surface area is 125 Å². The number of nitrogens with zero attached hydrogens (tertiary/aromatic N) is 3. The molecule has 2 N–H and O–H groups in total. The Kier molecular flexibility index (Phi) is 3.75. The van der Waals surface area contributed by atoms with Gasteiger partial charge in [-0.05, 0) is 35.8 Å². The molecule has 2 aromatic rings. The van der Waals surface area contributed by atoms with E-state index in [1.807, 2.05) is 0 Å². The van der Waals surface area contributed by atoms with E-state index in [9.17, 15) is 9.90 Å². The number of pyridine rings is 1. The fourth-order valence-electron chi connectivity index (χ4n) is 2.00. The smallest absolute Gasteiger partial charge is 0.274 e. The normalized spacial score (nSPS) is 11.7. The summed E-state index contributed by atoms with van der Waals surface area (Å²) in [5.74, 6) is 0.514. The number of aliphatic hydroxyl groups is 1. The van der Waals surface area contributed by atoms with E-state index in [1.165, 1.54) is 4.57 Å². The van der Waals surface area contributed by atoms with Gasteiger partial charge in [0.05, 0.1) is 5.69 Å². The van der Waals surface area contributed by atoms with E-state index in [-0.39, 0.29) is 5.56 Å². The first-order valence-electron chi connectivity index (χ1n) is 6.08. The minimum Gasteiger partial charge on any atom is -0.384 e. The van der Waals surface area contributed by atoms with E-state index in [1.54, 1.807) is 51.0 Å². The van der Waals surface area contributed by atoms with E-state index in [0.717, 1.165) is 4.47 Å². The van der Waals surface area contributed by atoms with Crippen molar-refractivity contribution in [3.8, 4) is 0 Å². The van der Waals surface area contributed by atoms with Gasteiger partial charge in [0.15, 0.2) is 5.82 Å². The maximum absolute atomic E-state index is 12.0. The molecule has 2 aromatic heterocycles. The highest BCUT2D eigenvalue weighted by Crippen LogP contribution is 2.23. The number of hydrogen-bond acceptors (Lipinski definition) is 4. The van der Waals surface area contributed by atoms with E-state index in [4.69, 9.17) is 0 Å². The summed E-state index contributed by atoms with van der Waals surface area (Å²) in [6.07, 6.45) is 1.69. The van der Waals surface area contributed by atoms with Crippen LogP contribution >= 0.6 is 15.9 Å². The molecule has 0 aliphatic rings. The third-order valence-corrected chi connectivity index (χ3v) is 3.35. The Hall–Kier alpha value is -1.60. The number of anilines is 2. The Balaban J connectivity index is 2.39. The van der Waals surface area contributed by atoms with Gasteiger partial charge >= 0.3 is 0 Å². The summed E-state index contributed by atoms with van der Waals surface area (Å²) in [7, 11) is 3.43. The van der Waals surface area contributed by atoms with Crippen molar-refractivity contribution in [2.45, 2.75) is 19.4 Å². The first-order valence-corrected chi connectivity index (χ1v) is 6.88. The molecular weight excluding hydrogens is 324 g/mol. The third kappa shape index (κ3) is 2.94. The highest BCUT2D eigenvalue weighted by atomic mass is 79.9. The van der Waals surface area contributed by atoms with Gasteiger partial charge in [-0.3, -0.25) is 9.48 Å². The molecule has 6 nitrogen and oxygen atoms in total. The summed E-state index contributed by atoms with van der Waals surface area (Å²) in [5, 5.41) is 17.3. The first kappa shape index (κ1) is 14.8. The molecule has 2 heterocycles. The molecule has 0 spiro atoms. The van der Waals surface area contributed by atoms with Crippen molar-refractivity contribution in [2.75, 3.05) is 5.32 Å². The Bertz CT molecular complexity index is 697. The lowest BCUT2D eigenvalue weighted by Gasteiger charge is -2.16. The molecule has 0 aliphatic carbocycles. The Morgan fingerprint density at radius 2 is 2.00 bits per heavy atom. The van der Waals surface area contributed by atoms with Gasteiger partial charge in [-0.15, -0.1) is 0 Å². The van der Waals surface area contributed by atoms with Gasteiger partial charge in [-0.25, -0.2) is 0 Å². The van der Waals surface area contributed by atoms with Crippen LogP contribution in [0, 0.1) is 0 Å². The monoisotopic (exact) mass is 340 g/mol. The van der Waals surface area contributed by atoms with Crippen molar-refractivity contribution in [1.29, 1.82) is 0 Å². The van der Waals surface area contributed by atoms with Crippen molar-refractivity contribution in [3.63, 3.8) is 0 Å². The van der Waals surface area contributed by atoms with Crippen LogP contribution in [0.1, 0.15) is 19.5 Å². The molecule has 0 amide bonds. The van der Waals surface area contributed by atoms with Crippen molar-refractivity contribution in [1.82, 2.24) is 14.3 Å². The second-order valence-corrected chi connectivity index (χ2v) is 6.13. The molecule has 0 aliphatic heterocycles. The molecule has 0 fully saturated rings. The third-order valence-electron chi connectivity index (χ3n) is 2.92. The van der Waals surface area contributed by atoms with Crippen LogP contribution in [0.2, 0.25) is 0 Å². The zero-order valence-electron chi connectivity index (χ0n) is 11.8. The van der Waals surface area contributed by atoms with Crippen molar-refractivity contribution < 1.29 is 5.11 Å². The molecule has 0 atom stereocenters. The summed E-state index contributed by atoms with van der Waals surface area (Å²) >= 11 is 3.35. The molecule has 2 rings (SSSR count). The van der Waals surface area contributed by atoms with Crippen LogP contribution < -0.4 is 10.9 Å². The molecule has 20 heavy (non-hydrogen) atoms. The van der Waals surface area contributed by atoms with Gasteiger partial charge < -0.3 is 15.0 Å². The standard InChI is InChI=1S/C13H17BrN4O2/c1-13(2,20)10-6-11(16-18(10)4)15-9-5-8(14)7-17(3)12(9)19/h5-7,20H,1-4H3,(H,15,16). The molecule has 0 saturated heterocycles. The summed E-state index contributed by atoms with van der Waals surface area (Å²) in [5.41, 5.74) is -0.0676.